The normalized spacial score (nSPS) is 21.5. The molecule has 2 saturated heterocycles. The van der Waals surface area contributed by atoms with E-state index < -0.39 is 0 Å². The van der Waals surface area contributed by atoms with Crippen LogP contribution in [0.1, 0.15) is 44.6 Å². The van der Waals surface area contributed by atoms with E-state index in [2.05, 4.69) is 29.7 Å². The van der Waals surface area contributed by atoms with E-state index >= 15 is 0 Å². The summed E-state index contributed by atoms with van der Waals surface area (Å²) in [7, 11) is 0. The maximum absolute atomic E-state index is 5.76. The maximum atomic E-state index is 5.76. The van der Waals surface area contributed by atoms with Crippen molar-refractivity contribution in [3.8, 4) is 11.5 Å². The van der Waals surface area contributed by atoms with Gasteiger partial charge in [0.25, 0.3) is 0 Å². The predicted molar refractivity (Wildman–Crippen MR) is 138 cm³/mol. The Kier molecular flexibility index (Phi) is 10.8. The Labute approximate surface area is 214 Å². The van der Waals surface area contributed by atoms with Gasteiger partial charge in [-0.2, -0.15) is 0 Å². The van der Waals surface area contributed by atoms with Crippen LogP contribution in [0, 0.1) is 0 Å². The van der Waals surface area contributed by atoms with Gasteiger partial charge < -0.3 is 34.3 Å². The Bertz CT molecular complexity index is 752. The summed E-state index contributed by atoms with van der Waals surface area (Å²) in [6, 6.07) is 6.29. The molecule has 9 heteroatoms. The molecule has 3 heterocycles. The molecule has 0 bridgehead atoms. The summed E-state index contributed by atoms with van der Waals surface area (Å²) in [4.78, 5) is 4.97. The van der Waals surface area contributed by atoms with Crippen molar-refractivity contribution >= 4 is 29.9 Å². The molecule has 0 saturated carbocycles. The molecular weight excluding hydrogens is 537 g/mol. The van der Waals surface area contributed by atoms with E-state index in [1.807, 2.05) is 6.07 Å². The van der Waals surface area contributed by atoms with Gasteiger partial charge in [-0.1, -0.05) is 6.07 Å². The fraction of sp³-hybridized carbons (Fsp3) is 0.708. The lowest BCUT2D eigenvalue weighted by molar-refractivity contribution is 0.0168. The second kappa shape index (κ2) is 13.6. The van der Waals surface area contributed by atoms with Gasteiger partial charge in [0.05, 0.1) is 19.3 Å². The maximum Gasteiger partial charge on any atom is 0.231 e. The highest BCUT2D eigenvalue weighted by atomic mass is 127. The van der Waals surface area contributed by atoms with Crippen LogP contribution in [0.4, 0.5) is 0 Å². The number of halogens is 1. The van der Waals surface area contributed by atoms with Crippen LogP contribution < -0.4 is 20.1 Å². The van der Waals surface area contributed by atoms with Gasteiger partial charge in [-0.25, -0.2) is 0 Å². The van der Waals surface area contributed by atoms with Crippen LogP contribution in [-0.4, -0.2) is 71.5 Å². The molecule has 2 N–H and O–H groups in total. The summed E-state index contributed by atoms with van der Waals surface area (Å²) >= 11 is 0. The number of hydrogen-bond acceptors (Lipinski definition) is 6. The van der Waals surface area contributed by atoms with Crippen LogP contribution >= 0.6 is 24.0 Å². The molecule has 3 aliphatic rings. The molecule has 8 nitrogen and oxygen atoms in total. The van der Waals surface area contributed by atoms with Gasteiger partial charge in [0, 0.05) is 44.9 Å². The molecule has 2 fully saturated rings. The van der Waals surface area contributed by atoms with Crippen molar-refractivity contribution in [2.75, 3.05) is 59.5 Å². The molecule has 0 aliphatic carbocycles. The van der Waals surface area contributed by atoms with Crippen molar-refractivity contribution in [2.24, 2.45) is 4.99 Å². The van der Waals surface area contributed by atoms with Crippen molar-refractivity contribution in [1.29, 1.82) is 0 Å². The van der Waals surface area contributed by atoms with Crippen molar-refractivity contribution in [2.45, 2.75) is 50.5 Å². The summed E-state index contributed by atoms with van der Waals surface area (Å²) in [6.45, 7) is 8.51. The van der Waals surface area contributed by atoms with Crippen LogP contribution in [0.15, 0.2) is 23.2 Å². The molecule has 33 heavy (non-hydrogen) atoms. The number of aliphatic imine (C=N–C) groups is 1. The van der Waals surface area contributed by atoms with Crippen molar-refractivity contribution < 1.29 is 23.7 Å². The first-order valence-corrected chi connectivity index (χ1v) is 12.0. The largest absolute Gasteiger partial charge is 0.454 e. The standard InChI is InChI=1S/C24H37N3O5.HI/c1-2-25-23(26-10-4-11-29-16-20-5-3-12-30-20)27-17-24(8-13-28-14-9-24)19-6-7-21-22(15-19)32-18-31-21;/h6-7,15,20H,2-5,8-14,16-18H2,1H3,(H2,25,26,27);1H. The van der Waals surface area contributed by atoms with Crippen molar-refractivity contribution in [3.63, 3.8) is 0 Å². The SMILES string of the molecule is CCNC(=NCC1(c2ccc3c(c2)OCO3)CCOCC1)NCCCOCC1CCCO1.I. The molecule has 1 aromatic rings. The highest BCUT2D eigenvalue weighted by molar-refractivity contribution is 14.0. The average molecular weight is 575 g/mol. The molecule has 3 aliphatic heterocycles. The first kappa shape index (κ1) is 26.3. The highest BCUT2D eigenvalue weighted by Gasteiger charge is 2.35. The first-order chi connectivity index (χ1) is 15.8. The molecule has 1 atom stereocenters. The van der Waals surface area contributed by atoms with Gasteiger partial charge in [0.2, 0.25) is 6.79 Å². The predicted octanol–water partition coefficient (Wildman–Crippen LogP) is 3.22. The van der Waals surface area contributed by atoms with Gasteiger partial charge >= 0.3 is 0 Å². The number of nitrogens with one attached hydrogen (secondary N) is 2. The minimum Gasteiger partial charge on any atom is -0.454 e. The van der Waals surface area contributed by atoms with E-state index in [1.165, 1.54) is 5.56 Å². The molecule has 4 rings (SSSR count). The smallest absolute Gasteiger partial charge is 0.231 e. The lowest BCUT2D eigenvalue weighted by Crippen LogP contribution is -2.41. The molecule has 0 radical (unpaired) electrons. The zero-order chi connectivity index (χ0) is 22.1. The van der Waals surface area contributed by atoms with E-state index in [0.717, 1.165) is 89.1 Å². The molecular formula is C24H38IN3O5. The number of guanidine groups is 1. The Morgan fingerprint density at radius 1 is 1.15 bits per heavy atom. The summed E-state index contributed by atoms with van der Waals surface area (Å²) < 4.78 is 28.2. The Balaban J connectivity index is 0.00000306. The lowest BCUT2D eigenvalue weighted by Gasteiger charge is -2.36. The molecule has 0 aromatic heterocycles. The zero-order valence-corrected chi connectivity index (χ0v) is 21.9. The number of benzene rings is 1. The summed E-state index contributed by atoms with van der Waals surface area (Å²) in [5.41, 5.74) is 1.18. The van der Waals surface area contributed by atoms with E-state index in [4.69, 9.17) is 28.7 Å². The Morgan fingerprint density at radius 3 is 2.79 bits per heavy atom. The number of rotatable bonds is 10. The topological polar surface area (TPSA) is 82.6 Å². The van der Waals surface area contributed by atoms with Gasteiger partial charge in [-0.15, -0.1) is 24.0 Å². The third-order valence-corrected chi connectivity index (χ3v) is 6.40. The molecule has 1 aromatic carbocycles. The van der Waals surface area contributed by atoms with Gasteiger partial charge in [0.1, 0.15) is 0 Å². The fourth-order valence-electron chi connectivity index (χ4n) is 4.47. The van der Waals surface area contributed by atoms with E-state index in [-0.39, 0.29) is 35.5 Å². The second-order valence-electron chi connectivity index (χ2n) is 8.65. The molecule has 0 spiro atoms. The average Bonchev–Trinajstić information content (AvgIpc) is 3.51. The van der Waals surface area contributed by atoms with Gasteiger partial charge in [0.15, 0.2) is 17.5 Å². The molecule has 186 valence electrons. The Morgan fingerprint density at radius 2 is 2.00 bits per heavy atom. The molecule has 0 amide bonds. The minimum atomic E-state index is -0.0635. The first-order valence-electron chi connectivity index (χ1n) is 12.0. The van der Waals surface area contributed by atoms with E-state index in [0.29, 0.717) is 19.9 Å². The van der Waals surface area contributed by atoms with Crippen LogP contribution in [-0.2, 0) is 19.6 Å². The quantitative estimate of drug-likeness (QED) is 0.192. The van der Waals surface area contributed by atoms with Crippen molar-refractivity contribution in [3.05, 3.63) is 23.8 Å². The zero-order valence-electron chi connectivity index (χ0n) is 19.6. The van der Waals surface area contributed by atoms with Crippen molar-refractivity contribution in [1.82, 2.24) is 10.6 Å². The highest BCUT2D eigenvalue weighted by Crippen LogP contribution is 2.41. The van der Waals surface area contributed by atoms with Crippen LogP contribution in [0.5, 0.6) is 11.5 Å². The Hall–Kier alpha value is -1.30. The number of hydrogen-bond donors (Lipinski definition) is 2. The lowest BCUT2D eigenvalue weighted by atomic mass is 9.74. The number of fused-ring (bicyclic) bond motifs is 1. The summed E-state index contributed by atoms with van der Waals surface area (Å²) in [5, 5.41) is 6.82. The van der Waals surface area contributed by atoms with Gasteiger partial charge in [-0.3, -0.25) is 4.99 Å². The minimum absolute atomic E-state index is 0. The third-order valence-electron chi connectivity index (χ3n) is 6.40. The summed E-state index contributed by atoms with van der Waals surface area (Å²) in [5.74, 6) is 2.49. The monoisotopic (exact) mass is 575 g/mol. The molecule has 1 unspecified atom stereocenters. The number of ether oxygens (including phenoxy) is 5. The fourth-order valence-corrected chi connectivity index (χ4v) is 4.47. The van der Waals surface area contributed by atoms with E-state index in [1.54, 1.807) is 0 Å². The number of nitrogens with zero attached hydrogens (tertiary/aromatic N) is 1. The van der Waals surface area contributed by atoms with Crippen LogP contribution in [0.2, 0.25) is 0 Å². The third kappa shape index (κ3) is 7.34. The van der Waals surface area contributed by atoms with Crippen LogP contribution in [0.25, 0.3) is 0 Å². The van der Waals surface area contributed by atoms with Crippen LogP contribution in [0.3, 0.4) is 0 Å². The van der Waals surface area contributed by atoms with E-state index in [9.17, 15) is 0 Å². The second-order valence-corrected chi connectivity index (χ2v) is 8.65. The van der Waals surface area contributed by atoms with Gasteiger partial charge in [-0.05, 0) is 56.7 Å². The summed E-state index contributed by atoms with van der Waals surface area (Å²) in [6.07, 6.45) is 5.36.